The Morgan fingerprint density at radius 3 is 2.39 bits per heavy atom. The van der Waals surface area contributed by atoms with E-state index in [2.05, 4.69) is 24.4 Å². The smallest absolute Gasteiger partial charge is 0.214 e. The maximum atomic E-state index is 11.6. The van der Waals surface area contributed by atoms with Crippen molar-refractivity contribution in [3.05, 3.63) is 35.9 Å². The average molecular weight is 270 g/mol. The van der Waals surface area contributed by atoms with Crippen LogP contribution in [0.1, 0.15) is 12.5 Å². The first-order chi connectivity index (χ1) is 8.42. The fraction of sp³-hybridized carbons (Fsp3) is 0.538. The van der Waals surface area contributed by atoms with Crippen LogP contribution < -0.4 is 5.32 Å². The molecule has 18 heavy (non-hydrogen) atoms. The molecule has 0 amide bonds. The Labute approximate surface area is 110 Å². The first kappa shape index (κ1) is 15.1. The third-order valence-corrected chi connectivity index (χ3v) is 4.63. The molecule has 4 nitrogen and oxygen atoms in total. The fourth-order valence-corrected chi connectivity index (χ4v) is 2.40. The molecular formula is C13H22N2O2S. The molecule has 0 aromatic heterocycles. The Morgan fingerprint density at radius 1 is 1.22 bits per heavy atom. The van der Waals surface area contributed by atoms with Gasteiger partial charge < -0.3 is 5.32 Å². The van der Waals surface area contributed by atoms with E-state index in [9.17, 15) is 8.42 Å². The lowest BCUT2D eigenvalue weighted by atomic mass is 10.1. The number of benzene rings is 1. The Bertz CT molecular complexity index is 443. The zero-order valence-corrected chi connectivity index (χ0v) is 12.1. The van der Waals surface area contributed by atoms with Gasteiger partial charge in [-0.15, -0.1) is 0 Å². The van der Waals surface area contributed by atoms with Gasteiger partial charge in [-0.25, -0.2) is 12.7 Å². The maximum absolute atomic E-state index is 11.6. The van der Waals surface area contributed by atoms with Crippen LogP contribution in [0.4, 0.5) is 0 Å². The van der Waals surface area contributed by atoms with Crippen molar-refractivity contribution in [2.45, 2.75) is 19.4 Å². The molecule has 0 heterocycles. The minimum absolute atomic E-state index is 0.138. The molecule has 0 fully saturated rings. The summed E-state index contributed by atoms with van der Waals surface area (Å²) < 4.78 is 24.4. The van der Waals surface area contributed by atoms with Gasteiger partial charge in [-0.1, -0.05) is 30.3 Å². The van der Waals surface area contributed by atoms with Crippen molar-refractivity contribution < 1.29 is 8.42 Å². The first-order valence-electron chi connectivity index (χ1n) is 6.09. The van der Waals surface area contributed by atoms with Gasteiger partial charge in [-0.05, 0) is 18.9 Å². The Balaban J connectivity index is 2.32. The summed E-state index contributed by atoms with van der Waals surface area (Å²) in [6.07, 6.45) is 0.906. The second-order valence-electron chi connectivity index (χ2n) is 4.64. The zero-order valence-electron chi connectivity index (χ0n) is 11.3. The van der Waals surface area contributed by atoms with Gasteiger partial charge in [0.2, 0.25) is 10.0 Å². The summed E-state index contributed by atoms with van der Waals surface area (Å²) in [5, 5.41) is 3.24. The van der Waals surface area contributed by atoms with Gasteiger partial charge in [0.1, 0.15) is 0 Å². The molecule has 0 saturated carbocycles. The molecule has 0 aliphatic carbocycles. The number of hydrogen-bond acceptors (Lipinski definition) is 3. The van der Waals surface area contributed by atoms with E-state index in [-0.39, 0.29) is 11.8 Å². The Kier molecular flexibility index (Phi) is 5.78. The van der Waals surface area contributed by atoms with Crippen LogP contribution in [0.25, 0.3) is 0 Å². The molecule has 1 atom stereocenters. The highest BCUT2D eigenvalue weighted by atomic mass is 32.2. The van der Waals surface area contributed by atoms with Crippen molar-refractivity contribution in [3.63, 3.8) is 0 Å². The average Bonchev–Trinajstić information content (AvgIpc) is 2.29. The van der Waals surface area contributed by atoms with E-state index in [1.807, 2.05) is 18.2 Å². The van der Waals surface area contributed by atoms with Gasteiger partial charge in [0.05, 0.1) is 5.75 Å². The molecule has 0 radical (unpaired) electrons. The number of nitrogens with zero attached hydrogens (tertiary/aromatic N) is 1. The van der Waals surface area contributed by atoms with Crippen molar-refractivity contribution in [2.24, 2.45) is 0 Å². The van der Waals surface area contributed by atoms with Gasteiger partial charge in [-0.3, -0.25) is 0 Å². The molecule has 1 aromatic rings. The van der Waals surface area contributed by atoms with Crippen molar-refractivity contribution >= 4 is 10.0 Å². The molecule has 1 N–H and O–H groups in total. The van der Waals surface area contributed by atoms with Gasteiger partial charge in [0, 0.05) is 26.7 Å². The Morgan fingerprint density at radius 2 is 1.83 bits per heavy atom. The van der Waals surface area contributed by atoms with Crippen LogP contribution in [-0.4, -0.2) is 45.2 Å². The summed E-state index contributed by atoms with van der Waals surface area (Å²) in [7, 11) is 0.0206. The third-order valence-electron chi connectivity index (χ3n) is 2.79. The van der Waals surface area contributed by atoms with E-state index in [0.717, 1.165) is 6.42 Å². The van der Waals surface area contributed by atoms with Gasteiger partial charge in [0.25, 0.3) is 0 Å². The molecule has 1 aromatic carbocycles. The third kappa shape index (κ3) is 5.16. The van der Waals surface area contributed by atoms with Crippen LogP contribution in [0.2, 0.25) is 0 Å². The minimum Gasteiger partial charge on any atom is -0.313 e. The van der Waals surface area contributed by atoms with E-state index >= 15 is 0 Å². The molecule has 1 unspecified atom stereocenters. The lowest BCUT2D eigenvalue weighted by Gasteiger charge is -2.15. The summed E-state index contributed by atoms with van der Waals surface area (Å²) in [4.78, 5) is 0. The van der Waals surface area contributed by atoms with Crippen LogP contribution in [0.3, 0.4) is 0 Å². The zero-order chi connectivity index (χ0) is 13.6. The van der Waals surface area contributed by atoms with E-state index in [1.54, 1.807) is 14.1 Å². The molecule has 0 saturated heterocycles. The van der Waals surface area contributed by atoms with Crippen molar-refractivity contribution in [2.75, 3.05) is 26.4 Å². The molecule has 0 aliphatic heterocycles. The van der Waals surface area contributed by atoms with Crippen molar-refractivity contribution in [1.29, 1.82) is 0 Å². The van der Waals surface area contributed by atoms with E-state index < -0.39 is 10.0 Å². The summed E-state index contributed by atoms with van der Waals surface area (Å²) in [6.45, 7) is 2.55. The highest BCUT2D eigenvalue weighted by Crippen LogP contribution is 2.02. The molecule has 0 aliphatic rings. The number of hydrogen-bond donors (Lipinski definition) is 1. The fourth-order valence-electron chi connectivity index (χ4n) is 1.66. The van der Waals surface area contributed by atoms with Crippen LogP contribution in [0.5, 0.6) is 0 Å². The highest BCUT2D eigenvalue weighted by molar-refractivity contribution is 7.89. The number of rotatable bonds is 7. The molecule has 1 rings (SSSR count). The normalized spacial score (nSPS) is 13.8. The highest BCUT2D eigenvalue weighted by Gasteiger charge is 2.13. The van der Waals surface area contributed by atoms with Crippen LogP contribution in [0, 0.1) is 0 Å². The maximum Gasteiger partial charge on any atom is 0.214 e. The van der Waals surface area contributed by atoms with Crippen LogP contribution >= 0.6 is 0 Å². The summed E-state index contributed by atoms with van der Waals surface area (Å²) >= 11 is 0. The molecule has 102 valence electrons. The summed E-state index contributed by atoms with van der Waals surface area (Å²) in [5.74, 6) is 0.138. The largest absolute Gasteiger partial charge is 0.313 e. The van der Waals surface area contributed by atoms with E-state index in [1.165, 1.54) is 9.87 Å². The van der Waals surface area contributed by atoms with Crippen LogP contribution in [0.15, 0.2) is 30.3 Å². The lowest BCUT2D eigenvalue weighted by Crippen LogP contribution is -2.35. The molecule has 0 bridgehead atoms. The second kappa shape index (κ2) is 6.87. The monoisotopic (exact) mass is 270 g/mol. The predicted molar refractivity (Wildman–Crippen MR) is 75.1 cm³/mol. The Hall–Kier alpha value is -0.910. The van der Waals surface area contributed by atoms with E-state index in [4.69, 9.17) is 0 Å². The van der Waals surface area contributed by atoms with Gasteiger partial charge >= 0.3 is 0 Å². The molecular weight excluding hydrogens is 248 g/mol. The summed E-state index contributed by atoms with van der Waals surface area (Å²) in [6, 6.07) is 10.4. The van der Waals surface area contributed by atoms with Gasteiger partial charge in [-0.2, -0.15) is 0 Å². The SMILES string of the molecule is CC(Cc1ccccc1)NCCS(=O)(=O)N(C)C. The standard InChI is InChI=1S/C13H22N2O2S/c1-12(11-13-7-5-4-6-8-13)14-9-10-18(16,17)15(2)3/h4-8,12,14H,9-11H2,1-3H3. The molecule has 0 spiro atoms. The minimum atomic E-state index is -3.10. The number of nitrogens with one attached hydrogen (secondary N) is 1. The van der Waals surface area contributed by atoms with Crippen molar-refractivity contribution in [3.8, 4) is 0 Å². The second-order valence-corrected chi connectivity index (χ2v) is 6.95. The van der Waals surface area contributed by atoms with Crippen LogP contribution in [-0.2, 0) is 16.4 Å². The predicted octanol–water partition coefficient (Wildman–Crippen LogP) is 1.10. The van der Waals surface area contributed by atoms with E-state index in [0.29, 0.717) is 6.54 Å². The quantitative estimate of drug-likeness (QED) is 0.807. The van der Waals surface area contributed by atoms with Gasteiger partial charge in [0.15, 0.2) is 0 Å². The lowest BCUT2D eigenvalue weighted by molar-refractivity contribution is 0.509. The molecule has 5 heteroatoms. The number of sulfonamides is 1. The van der Waals surface area contributed by atoms with Crippen molar-refractivity contribution in [1.82, 2.24) is 9.62 Å². The topological polar surface area (TPSA) is 49.4 Å². The first-order valence-corrected chi connectivity index (χ1v) is 7.70. The summed E-state index contributed by atoms with van der Waals surface area (Å²) in [5.41, 5.74) is 1.26.